The normalized spacial score (nSPS) is 10.4. The summed E-state index contributed by atoms with van der Waals surface area (Å²) in [6.07, 6.45) is 3.14. The van der Waals surface area contributed by atoms with Crippen LogP contribution in [-0.2, 0) is 11.8 Å². The number of carbonyl (C=O) groups excluding carboxylic acids is 1. The molecule has 0 bridgehead atoms. The molecule has 0 N–H and O–H groups in total. The van der Waals surface area contributed by atoms with E-state index in [0.717, 1.165) is 11.0 Å². The number of methoxy groups -OCH3 is 1. The zero-order valence-electron chi connectivity index (χ0n) is 7.89. The van der Waals surface area contributed by atoms with E-state index in [1.165, 1.54) is 13.3 Å². The van der Waals surface area contributed by atoms with Gasteiger partial charge in [0.05, 0.1) is 18.9 Å². The Labute approximate surface area is 80.3 Å². The van der Waals surface area contributed by atoms with Crippen molar-refractivity contribution in [2.45, 2.75) is 0 Å². The van der Waals surface area contributed by atoms with Gasteiger partial charge >= 0.3 is 5.97 Å². The van der Waals surface area contributed by atoms with Crippen molar-refractivity contribution < 1.29 is 9.53 Å². The van der Waals surface area contributed by atoms with Crippen molar-refractivity contribution in [1.82, 2.24) is 14.8 Å². The van der Waals surface area contributed by atoms with E-state index in [4.69, 9.17) is 0 Å². The third-order valence-corrected chi connectivity index (χ3v) is 1.99. The maximum absolute atomic E-state index is 11.2. The van der Waals surface area contributed by atoms with Crippen molar-refractivity contribution >= 4 is 17.0 Å². The Kier molecular flexibility index (Phi) is 1.92. The Morgan fingerprint density at radius 1 is 1.50 bits per heavy atom. The largest absolute Gasteiger partial charge is 0.465 e. The fourth-order valence-electron chi connectivity index (χ4n) is 1.27. The molecule has 2 aromatic heterocycles. The molecule has 0 unspecified atom stereocenters. The van der Waals surface area contributed by atoms with Crippen LogP contribution in [-0.4, -0.2) is 27.8 Å². The Balaban J connectivity index is 2.57. The smallest absolute Gasteiger partial charge is 0.339 e. The Morgan fingerprint density at radius 3 is 3.00 bits per heavy atom. The average Bonchev–Trinajstić information content (AvgIpc) is 2.59. The van der Waals surface area contributed by atoms with E-state index in [1.807, 2.05) is 0 Å². The lowest BCUT2D eigenvalue weighted by Crippen LogP contribution is -2.02. The summed E-state index contributed by atoms with van der Waals surface area (Å²) >= 11 is 0. The first-order chi connectivity index (χ1) is 6.72. The van der Waals surface area contributed by atoms with Crippen LogP contribution >= 0.6 is 0 Å². The lowest BCUT2D eigenvalue weighted by molar-refractivity contribution is 0.0600. The molecule has 5 nitrogen and oxygen atoms in total. The number of hydrogen-bond donors (Lipinski definition) is 0. The average molecular weight is 191 g/mol. The lowest BCUT2D eigenvalue weighted by Gasteiger charge is -1.98. The second-order valence-corrected chi connectivity index (χ2v) is 2.90. The molecule has 0 radical (unpaired) electrons. The number of aromatic nitrogens is 3. The van der Waals surface area contributed by atoms with Crippen LogP contribution in [0.2, 0.25) is 0 Å². The van der Waals surface area contributed by atoms with Gasteiger partial charge in [-0.15, -0.1) is 0 Å². The van der Waals surface area contributed by atoms with Gasteiger partial charge in [0.25, 0.3) is 0 Å². The summed E-state index contributed by atoms with van der Waals surface area (Å²) in [6, 6.07) is 1.71. The molecule has 0 saturated carbocycles. The van der Waals surface area contributed by atoms with Crippen molar-refractivity contribution in [3.63, 3.8) is 0 Å². The molecular formula is C9H9N3O2. The third-order valence-electron chi connectivity index (χ3n) is 1.99. The second kappa shape index (κ2) is 3.10. The molecule has 0 aliphatic carbocycles. The van der Waals surface area contributed by atoms with Crippen molar-refractivity contribution in [3.05, 3.63) is 24.0 Å². The van der Waals surface area contributed by atoms with Crippen molar-refractivity contribution in [1.29, 1.82) is 0 Å². The SMILES string of the molecule is COC(=O)c1cnc2c(cnn2C)c1. The predicted molar refractivity (Wildman–Crippen MR) is 49.8 cm³/mol. The van der Waals surface area contributed by atoms with E-state index in [0.29, 0.717) is 5.56 Å². The number of fused-ring (bicyclic) bond motifs is 1. The highest BCUT2D eigenvalue weighted by atomic mass is 16.5. The lowest BCUT2D eigenvalue weighted by atomic mass is 10.2. The number of hydrogen-bond acceptors (Lipinski definition) is 4. The van der Waals surface area contributed by atoms with Crippen LogP contribution in [0.4, 0.5) is 0 Å². The van der Waals surface area contributed by atoms with Crippen molar-refractivity contribution in [2.75, 3.05) is 7.11 Å². The van der Waals surface area contributed by atoms with E-state index < -0.39 is 0 Å². The van der Waals surface area contributed by atoms with Gasteiger partial charge in [0.15, 0.2) is 5.65 Å². The molecule has 2 heterocycles. The summed E-state index contributed by atoms with van der Waals surface area (Å²) in [5.74, 6) is -0.386. The fourth-order valence-corrected chi connectivity index (χ4v) is 1.27. The minimum Gasteiger partial charge on any atom is -0.465 e. The Bertz CT molecular complexity index is 490. The highest BCUT2D eigenvalue weighted by molar-refractivity contribution is 5.92. The zero-order valence-corrected chi connectivity index (χ0v) is 7.89. The molecule has 2 aromatic rings. The zero-order chi connectivity index (χ0) is 10.1. The first-order valence-electron chi connectivity index (χ1n) is 4.08. The molecule has 0 atom stereocenters. The number of nitrogens with zero attached hydrogens (tertiary/aromatic N) is 3. The van der Waals surface area contributed by atoms with Gasteiger partial charge in [0.2, 0.25) is 0 Å². The summed E-state index contributed by atoms with van der Waals surface area (Å²) in [4.78, 5) is 15.3. The van der Waals surface area contributed by atoms with Gasteiger partial charge < -0.3 is 4.74 Å². The van der Waals surface area contributed by atoms with Gasteiger partial charge in [-0.1, -0.05) is 0 Å². The van der Waals surface area contributed by atoms with Crippen LogP contribution < -0.4 is 0 Å². The highest BCUT2D eigenvalue weighted by Gasteiger charge is 2.08. The fraction of sp³-hybridized carbons (Fsp3) is 0.222. The molecule has 5 heteroatoms. The van der Waals surface area contributed by atoms with Crippen LogP contribution in [0.3, 0.4) is 0 Å². The van der Waals surface area contributed by atoms with E-state index in [2.05, 4.69) is 14.8 Å². The molecule has 0 aromatic carbocycles. The number of rotatable bonds is 1. The summed E-state index contributed by atoms with van der Waals surface area (Å²) in [7, 11) is 3.14. The van der Waals surface area contributed by atoms with Crippen LogP contribution in [0.15, 0.2) is 18.5 Å². The maximum atomic E-state index is 11.2. The quantitative estimate of drug-likeness (QED) is 0.624. The van der Waals surface area contributed by atoms with E-state index >= 15 is 0 Å². The highest BCUT2D eigenvalue weighted by Crippen LogP contribution is 2.12. The monoisotopic (exact) mass is 191 g/mol. The Hall–Kier alpha value is -1.91. The van der Waals surface area contributed by atoms with Crippen molar-refractivity contribution in [2.24, 2.45) is 7.05 Å². The first kappa shape index (κ1) is 8.68. The molecule has 0 spiro atoms. The number of esters is 1. The molecular weight excluding hydrogens is 182 g/mol. The minimum atomic E-state index is -0.386. The number of carbonyl (C=O) groups is 1. The van der Waals surface area contributed by atoms with Crippen LogP contribution in [0.5, 0.6) is 0 Å². The molecule has 72 valence electrons. The summed E-state index contributed by atoms with van der Waals surface area (Å²) in [6.45, 7) is 0. The third kappa shape index (κ3) is 1.22. The van der Waals surface area contributed by atoms with Crippen molar-refractivity contribution in [3.8, 4) is 0 Å². The number of ether oxygens (including phenoxy) is 1. The molecule has 0 aliphatic rings. The molecule has 2 rings (SSSR count). The van der Waals surface area contributed by atoms with Gasteiger partial charge in [-0.2, -0.15) is 5.10 Å². The van der Waals surface area contributed by atoms with Gasteiger partial charge in [0.1, 0.15) is 0 Å². The van der Waals surface area contributed by atoms with E-state index in [1.54, 1.807) is 24.0 Å². The molecule has 0 amide bonds. The summed E-state index contributed by atoms with van der Waals surface area (Å²) in [5, 5.41) is 4.85. The maximum Gasteiger partial charge on any atom is 0.339 e. The second-order valence-electron chi connectivity index (χ2n) is 2.90. The van der Waals surface area contributed by atoms with Crippen LogP contribution in [0.1, 0.15) is 10.4 Å². The molecule has 0 fully saturated rings. The number of pyridine rings is 1. The summed E-state index contributed by atoms with van der Waals surface area (Å²) < 4.78 is 6.24. The predicted octanol–water partition coefficient (Wildman–Crippen LogP) is 0.755. The van der Waals surface area contributed by atoms with E-state index in [9.17, 15) is 4.79 Å². The Morgan fingerprint density at radius 2 is 2.29 bits per heavy atom. The number of aryl methyl sites for hydroxylation is 1. The standard InChI is InChI=1S/C9H9N3O2/c1-12-8-6(5-11-12)3-7(4-10-8)9(13)14-2/h3-5H,1-2H3. The van der Waals surface area contributed by atoms with E-state index in [-0.39, 0.29) is 5.97 Å². The molecule has 0 saturated heterocycles. The van der Waals surface area contributed by atoms with Crippen LogP contribution in [0, 0.1) is 0 Å². The topological polar surface area (TPSA) is 57.0 Å². The van der Waals surface area contributed by atoms with Crippen LogP contribution in [0.25, 0.3) is 11.0 Å². The molecule has 0 aliphatic heterocycles. The van der Waals surface area contributed by atoms with Gasteiger partial charge in [0, 0.05) is 18.6 Å². The van der Waals surface area contributed by atoms with Gasteiger partial charge in [-0.25, -0.2) is 9.78 Å². The molecule has 14 heavy (non-hydrogen) atoms. The summed E-state index contributed by atoms with van der Waals surface area (Å²) in [5.41, 5.74) is 1.19. The minimum absolute atomic E-state index is 0.386. The van der Waals surface area contributed by atoms with Gasteiger partial charge in [-0.05, 0) is 6.07 Å². The first-order valence-corrected chi connectivity index (χ1v) is 4.08. The van der Waals surface area contributed by atoms with Gasteiger partial charge in [-0.3, -0.25) is 4.68 Å².